The van der Waals surface area contributed by atoms with Crippen LogP contribution < -0.4 is 10.1 Å². The van der Waals surface area contributed by atoms with E-state index in [1.165, 1.54) is 19.2 Å². The number of fused-ring (bicyclic) bond motifs is 1. The molecule has 1 atom stereocenters. The standard InChI is InChI=1S/C25H27F4N5O2/c1-13(17-6-5-7-20(21(17)26)25(27,28)29)30-22-19-12-18(16-8-10-34(11-9-16)15(3)35)24(36-4)33-23(19)32-14(2)31-22/h5-7,12-13,16H,8-11H2,1-4H3,(H,30,31,32,33)/t13-/m1/s1. The van der Waals surface area contributed by atoms with Crippen molar-refractivity contribution in [3.05, 3.63) is 52.6 Å². The molecule has 1 aliphatic heterocycles. The lowest BCUT2D eigenvalue weighted by molar-refractivity contribution is -0.140. The van der Waals surface area contributed by atoms with Gasteiger partial charge in [0.1, 0.15) is 17.5 Å². The number of rotatable bonds is 5. The van der Waals surface area contributed by atoms with Crippen molar-refractivity contribution in [1.29, 1.82) is 0 Å². The van der Waals surface area contributed by atoms with Crippen LogP contribution in [0.1, 0.15) is 61.2 Å². The highest BCUT2D eigenvalue weighted by Gasteiger charge is 2.35. The van der Waals surface area contributed by atoms with Crippen LogP contribution >= 0.6 is 0 Å². The Kier molecular flexibility index (Phi) is 7.01. The van der Waals surface area contributed by atoms with Gasteiger partial charge < -0.3 is 15.0 Å². The zero-order chi connectivity index (χ0) is 26.2. The summed E-state index contributed by atoms with van der Waals surface area (Å²) in [5.74, 6) is -0.0658. The Morgan fingerprint density at radius 1 is 1.19 bits per heavy atom. The molecule has 1 fully saturated rings. The van der Waals surface area contributed by atoms with Gasteiger partial charge in [-0.1, -0.05) is 12.1 Å². The maximum absolute atomic E-state index is 14.8. The van der Waals surface area contributed by atoms with E-state index in [1.54, 1.807) is 25.7 Å². The molecule has 3 heterocycles. The van der Waals surface area contributed by atoms with Gasteiger partial charge in [0.05, 0.1) is 24.1 Å². The molecule has 0 saturated carbocycles. The van der Waals surface area contributed by atoms with E-state index >= 15 is 0 Å². The molecule has 2 aromatic heterocycles. The molecule has 1 aromatic carbocycles. The smallest absolute Gasteiger partial charge is 0.419 e. The Morgan fingerprint density at radius 2 is 1.89 bits per heavy atom. The van der Waals surface area contributed by atoms with E-state index in [1.807, 2.05) is 6.07 Å². The van der Waals surface area contributed by atoms with E-state index in [2.05, 4.69) is 20.3 Å². The number of nitrogens with one attached hydrogen (secondary N) is 1. The fourth-order valence-electron chi connectivity index (χ4n) is 4.62. The van der Waals surface area contributed by atoms with E-state index in [4.69, 9.17) is 4.74 Å². The number of aryl methyl sites for hydroxylation is 1. The molecule has 0 bridgehead atoms. The van der Waals surface area contributed by atoms with Crippen molar-refractivity contribution in [2.45, 2.75) is 51.7 Å². The Labute approximate surface area is 205 Å². The number of ether oxygens (including phenoxy) is 1. The molecule has 0 spiro atoms. The number of amides is 1. The average Bonchev–Trinajstić information content (AvgIpc) is 2.82. The predicted molar refractivity (Wildman–Crippen MR) is 126 cm³/mol. The Morgan fingerprint density at radius 3 is 2.50 bits per heavy atom. The predicted octanol–water partition coefficient (Wildman–Crippen LogP) is 5.40. The first-order valence-corrected chi connectivity index (χ1v) is 11.6. The largest absolute Gasteiger partial charge is 0.481 e. The maximum atomic E-state index is 14.8. The van der Waals surface area contributed by atoms with Crippen molar-refractivity contribution in [2.24, 2.45) is 0 Å². The molecule has 1 amide bonds. The third-order valence-corrected chi connectivity index (χ3v) is 6.52. The summed E-state index contributed by atoms with van der Waals surface area (Å²) >= 11 is 0. The minimum Gasteiger partial charge on any atom is -0.481 e. The minimum absolute atomic E-state index is 0.0308. The SMILES string of the molecule is COc1nc2nc(C)nc(N[C@H](C)c3cccc(C(F)(F)F)c3F)c2cc1C1CCN(C(C)=O)CC1. The second-order valence-electron chi connectivity index (χ2n) is 8.93. The van der Waals surface area contributed by atoms with Gasteiger partial charge in [-0.2, -0.15) is 18.2 Å². The zero-order valence-electron chi connectivity index (χ0n) is 20.4. The van der Waals surface area contributed by atoms with Gasteiger partial charge in [0.15, 0.2) is 5.65 Å². The van der Waals surface area contributed by atoms with E-state index in [0.29, 0.717) is 41.6 Å². The van der Waals surface area contributed by atoms with E-state index < -0.39 is 23.6 Å². The zero-order valence-corrected chi connectivity index (χ0v) is 20.4. The first-order chi connectivity index (χ1) is 17.0. The molecule has 4 rings (SSSR count). The van der Waals surface area contributed by atoms with Gasteiger partial charge >= 0.3 is 6.18 Å². The van der Waals surface area contributed by atoms with Crippen LogP contribution in [0.25, 0.3) is 11.0 Å². The van der Waals surface area contributed by atoms with Crippen molar-refractivity contribution >= 4 is 22.8 Å². The summed E-state index contributed by atoms with van der Waals surface area (Å²) in [6, 6.07) is 4.26. The highest BCUT2D eigenvalue weighted by atomic mass is 19.4. The van der Waals surface area contributed by atoms with Gasteiger partial charge in [0, 0.05) is 31.1 Å². The van der Waals surface area contributed by atoms with Crippen LogP contribution in [0.3, 0.4) is 0 Å². The lowest BCUT2D eigenvalue weighted by atomic mass is 9.89. The molecule has 1 N–H and O–H groups in total. The Bertz CT molecular complexity index is 1290. The summed E-state index contributed by atoms with van der Waals surface area (Å²) in [6.45, 7) is 6.01. The van der Waals surface area contributed by atoms with Crippen LogP contribution in [-0.2, 0) is 11.0 Å². The van der Waals surface area contributed by atoms with Crippen LogP contribution in [0.4, 0.5) is 23.4 Å². The summed E-state index contributed by atoms with van der Waals surface area (Å²) in [7, 11) is 1.52. The number of pyridine rings is 1. The quantitative estimate of drug-likeness (QED) is 0.468. The molecule has 7 nitrogen and oxygen atoms in total. The number of anilines is 1. The third kappa shape index (κ3) is 5.05. The number of benzene rings is 1. The maximum Gasteiger partial charge on any atom is 0.419 e. The van der Waals surface area contributed by atoms with Crippen LogP contribution in [0, 0.1) is 12.7 Å². The molecule has 0 radical (unpaired) electrons. The molecule has 36 heavy (non-hydrogen) atoms. The van der Waals surface area contributed by atoms with E-state index in [-0.39, 0.29) is 17.4 Å². The number of nitrogens with zero attached hydrogens (tertiary/aromatic N) is 4. The van der Waals surface area contributed by atoms with Gasteiger partial charge in [0.2, 0.25) is 11.8 Å². The van der Waals surface area contributed by atoms with Gasteiger partial charge in [-0.05, 0) is 44.7 Å². The van der Waals surface area contributed by atoms with Gasteiger partial charge in [-0.25, -0.2) is 14.4 Å². The number of hydrogen-bond acceptors (Lipinski definition) is 6. The summed E-state index contributed by atoms with van der Waals surface area (Å²) in [6.07, 6.45) is -3.35. The number of alkyl halides is 3. The van der Waals surface area contributed by atoms with Gasteiger partial charge in [-0.3, -0.25) is 4.79 Å². The second kappa shape index (κ2) is 9.87. The van der Waals surface area contributed by atoms with Crippen molar-refractivity contribution in [3.8, 4) is 5.88 Å². The average molecular weight is 506 g/mol. The van der Waals surface area contributed by atoms with Gasteiger partial charge in [-0.15, -0.1) is 0 Å². The number of halogens is 4. The van der Waals surface area contributed by atoms with Crippen molar-refractivity contribution < 1.29 is 27.1 Å². The number of carbonyl (C=O) groups is 1. The van der Waals surface area contributed by atoms with Gasteiger partial charge in [0.25, 0.3) is 0 Å². The fourth-order valence-corrected chi connectivity index (χ4v) is 4.62. The summed E-state index contributed by atoms with van der Waals surface area (Å²) in [5, 5.41) is 3.60. The minimum atomic E-state index is -4.80. The highest BCUT2D eigenvalue weighted by molar-refractivity contribution is 5.88. The lowest BCUT2D eigenvalue weighted by Gasteiger charge is -2.32. The van der Waals surface area contributed by atoms with Crippen LogP contribution in [0.2, 0.25) is 0 Å². The first kappa shape index (κ1) is 25.6. The molecule has 3 aromatic rings. The summed E-state index contributed by atoms with van der Waals surface area (Å²) < 4.78 is 60.0. The molecule has 1 aliphatic rings. The van der Waals surface area contributed by atoms with Crippen molar-refractivity contribution in [3.63, 3.8) is 0 Å². The summed E-state index contributed by atoms with van der Waals surface area (Å²) in [5.41, 5.74) is -0.263. The molecule has 192 valence electrons. The normalized spacial score (nSPS) is 15.7. The number of aromatic nitrogens is 3. The highest BCUT2D eigenvalue weighted by Crippen LogP contribution is 2.38. The molecule has 11 heteroatoms. The number of hydrogen-bond donors (Lipinski definition) is 1. The summed E-state index contributed by atoms with van der Waals surface area (Å²) in [4.78, 5) is 26.9. The van der Waals surface area contributed by atoms with E-state index in [9.17, 15) is 22.4 Å². The van der Waals surface area contributed by atoms with Crippen LogP contribution in [0.5, 0.6) is 5.88 Å². The Hall–Kier alpha value is -3.50. The number of piperidine rings is 1. The van der Waals surface area contributed by atoms with Crippen LogP contribution in [0.15, 0.2) is 24.3 Å². The molecular formula is C25H27F4N5O2. The number of methoxy groups -OCH3 is 1. The molecule has 0 aliphatic carbocycles. The molecule has 1 saturated heterocycles. The topological polar surface area (TPSA) is 80.2 Å². The number of likely N-dealkylation sites (tertiary alicyclic amines) is 1. The second-order valence-corrected chi connectivity index (χ2v) is 8.93. The first-order valence-electron chi connectivity index (χ1n) is 11.6. The third-order valence-electron chi connectivity index (χ3n) is 6.52. The lowest BCUT2D eigenvalue weighted by Crippen LogP contribution is -2.36. The molecular weight excluding hydrogens is 478 g/mol. The monoisotopic (exact) mass is 505 g/mol. The van der Waals surface area contributed by atoms with Crippen LogP contribution in [-0.4, -0.2) is 46.0 Å². The molecule has 0 unspecified atom stereocenters. The van der Waals surface area contributed by atoms with Crippen molar-refractivity contribution in [2.75, 3.05) is 25.5 Å². The Balaban J connectivity index is 1.72. The fraction of sp³-hybridized carbons (Fsp3) is 0.440. The van der Waals surface area contributed by atoms with Crippen molar-refractivity contribution in [1.82, 2.24) is 19.9 Å². The van der Waals surface area contributed by atoms with E-state index in [0.717, 1.165) is 24.5 Å². The number of carbonyl (C=O) groups excluding carboxylic acids is 1.